The number of rotatable bonds is 8. The van der Waals surface area contributed by atoms with E-state index >= 15 is 0 Å². The van der Waals surface area contributed by atoms with Crippen molar-refractivity contribution in [2.45, 2.75) is 39.3 Å². The molecular weight excluding hydrogens is 426 g/mol. The second-order valence-corrected chi connectivity index (χ2v) is 8.48. The first-order chi connectivity index (χ1) is 15.9. The van der Waals surface area contributed by atoms with E-state index in [9.17, 15) is 8.78 Å². The van der Waals surface area contributed by atoms with Gasteiger partial charge in [-0.3, -0.25) is 4.90 Å². The smallest absolute Gasteiger partial charge is 0.246 e. The third-order valence-electron chi connectivity index (χ3n) is 5.72. The SMILES string of the molecule is CCC1COC(C)CN1CCNc1cc(C)cc(Nc2ncn(-c3cc(F)cc(F)c3)n2)c1.[HH].[HH]. The number of ether oxygens (including phenoxy) is 1. The lowest BCUT2D eigenvalue weighted by molar-refractivity contribution is -0.0541. The van der Waals surface area contributed by atoms with Crippen molar-refractivity contribution >= 4 is 17.3 Å². The summed E-state index contributed by atoms with van der Waals surface area (Å²) in [7, 11) is 0. The maximum atomic E-state index is 13.5. The second kappa shape index (κ2) is 10.3. The molecule has 180 valence electrons. The number of benzene rings is 2. The minimum Gasteiger partial charge on any atom is -0.384 e. The largest absolute Gasteiger partial charge is 0.384 e. The molecule has 9 heteroatoms. The monoisotopic (exact) mass is 460 g/mol. The van der Waals surface area contributed by atoms with E-state index in [0.717, 1.165) is 55.7 Å². The molecule has 4 rings (SSSR count). The Morgan fingerprint density at radius 2 is 1.88 bits per heavy atom. The molecule has 2 N–H and O–H groups in total. The van der Waals surface area contributed by atoms with Crippen molar-refractivity contribution in [1.29, 1.82) is 0 Å². The van der Waals surface area contributed by atoms with Crippen LogP contribution in [-0.2, 0) is 4.74 Å². The van der Waals surface area contributed by atoms with Crippen molar-refractivity contribution in [3.05, 3.63) is 59.9 Å². The maximum absolute atomic E-state index is 13.5. The van der Waals surface area contributed by atoms with Crippen LogP contribution in [0.3, 0.4) is 0 Å². The molecule has 1 aliphatic rings. The summed E-state index contributed by atoms with van der Waals surface area (Å²) in [5.74, 6) is -0.994. The topological polar surface area (TPSA) is 67.2 Å². The minimum atomic E-state index is -0.666. The number of aryl methyl sites for hydroxylation is 1. The van der Waals surface area contributed by atoms with Gasteiger partial charge in [-0.25, -0.2) is 13.5 Å². The Morgan fingerprint density at radius 3 is 2.64 bits per heavy atom. The van der Waals surface area contributed by atoms with E-state index in [1.54, 1.807) is 0 Å². The van der Waals surface area contributed by atoms with Gasteiger partial charge in [0, 0.05) is 46.0 Å². The first-order valence-electron chi connectivity index (χ1n) is 11.3. The van der Waals surface area contributed by atoms with Crippen LogP contribution in [0, 0.1) is 18.6 Å². The molecule has 1 fully saturated rings. The molecular formula is C24H34F2N6O. The predicted octanol–water partition coefficient (Wildman–Crippen LogP) is 5.00. The molecule has 7 nitrogen and oxygen atoms in total. The highest BCUT2D eigenvalue weighted by Crippen LogP contribution is 2.22. The molecule has 33 heavy (non-hydrogen) atoms. The van der Waals surface area contributed by atoms with Crippen LogP contribution in [0.2, 0.25) is 0 Å². The first kappa shape index (κ1) is 23.1. The predicted molar refractivity (Wildman–Crippen MR) is 130 cm³/mol. The van der Waals surface area contributed by atoms with E-state index in [-0.39, 0.29) is 14.6 Å². The highest BCUT2D eigenvalue weighted by Gasteiger charge is 2.24. The lowest BCUT2D eigenvalue weighted by atomic mass is 10.1. The molecule has 0 bridgehead atoms. The second-order valence-electron chi connectivity index (χ2n) is 8.48. The standard InChI is InChI=1S/C24H30F2N6O.2H2/c1-4-22-14-33-17(3)13-31(22)6-5-27-20-7-16(2)8-21(12-20)29-24-28-15-32(30-24)23-10-18(25)9-19(26)11-23;;/h7-12,15,17,22,27H,4-6,13-14H2,1-3H3,(H,29,30);2*1H. The lowest BCUT2D eigenvalue weighted by Gasteiger charge is -2.38. The number of hydrogen-bond donors (Lipinski definition) is 2. The summed E-state index contributed by atoms with van der Waals surface area (Å²) in [4.78, 5) is 6.70. The highest BCUT2D eigenvalue weighted by molar-refractivity contribution is 5.63. The summed E-state index contributed by atoms with van der Waals surface area (Å²) >= 11 is 0. The van der Waals surface area contributed by atoms with Gasteiger partial charge in [0.1, 0.15) is 18.0 Å². The molecule has 0 saturated carbocycles. The van der Waals surface area contributed by atoms with Crippen molar-refractivity contribution in [1.82, 2.24) is 19.7 Å². The van der Waals surface area contributed by atoms with E-state index in [2.05, 4.69) is 45.5 Å². The Bertz CT molecular complexity index is 1080. The molecule has 0 amide bonds. The van der Waals surface area contributed by atoms with E-state index in [0.29, 0.717) is 12.0 Å². The summed E-state index contributed by atoms with van der Waals surface area (Å²) < 4.78 is 34.1. The Hall–Kier alpha value is -3.04. The number of aromatic nitrogens is 3. The van der Waals surface area contributed by atoms with Crippen molar-refractivity contribution in [2.24, 2.45) is 0 Å². The van der Waals surface area contributed by atoms with E-state index < -0.39 is 11.6 Å². The summed E-state index contributed by atoms with van der Waals surface area (Å²) in [6, 6.07) is 9.77. The molecule has 2 unspecified atom stereocenters. The van der Waals surface area contributed by atoms with Gasteiger partial charge in [-0.2, -0.15) is 4.98 Å². The quantitative estimate of drug-likeness (QED) is 0.493. The zero-order valence-electron chi connectivity index (χ0n) is 19.2. The van der Waals surface area contributed by atoms with Gasteiger partial charge in [0.15, 0.2) is 0 Å². The minimum absolute atomic E-state index is 0. The van der Waals surface area contributed by atoms with E-state index in [1.807, 2.05) is 19.1 Å². The van der Waals surface area contributed by atoms with Gasteiger partial charge in [-0.05, 0) is 56.2 Å². The van der Waals surface area contributed by atoms with Crippen LogP contribution in [0.1, 0.15) is 28.7 Å². The van der Waals surface area contributed by atoms with Gasteiger partial charge in [-0.15, -0.1) is 5.10 Å². The van der Waals surface area contributed by atoms with Crippen molar-refractivity contribution in [3.8, 4) is 5.69 Å². The zero-order chi connectivity index (χ0) is 23.4. The number of nitrogens with one attached hydrogen (secondary N) is 2. The highest BCUT2D eigenvalue weighted by atomic mass is 19.1. The molecule has 0 spiro atoms. The molecule has 1 saturated heterocycles. The van der Waals surface area contributed by atoms with Gasteiger partial charge in [0.05, 0.1) is 18.4 Å². The number of nitrogens with zero attached hydrogens (tertiary/aromatic N) is 4. The van der Waals surface area contributed by atoms with Crippen LogP contribution in [-0.4, -0.2) is 58.1 Å². The Balaban J connectivity index is 0.00000216. The number of hydrogen-bond acceptors (Lipinski definition) is 6. The number of anilines is 3. The zero-order valence-corrected chi connectivity index (χ0v) is 19.2. The van der Waals surface area contributed by atoms with Crippen LogP contribution in [0.25, 0.3) is 5.69 Å². The average Bonchev–Trinajstić information content (AvgIpc) is 3.21. The normalized spacial score (nSPS) is 18.9. The summed E-state index contributed by atoms with van der Waals surface area (Å²) in [6.45, 7) is 9.84. The number of halogens is 2. The van der Waals surface area contributed by atoms with Crippen LogP contribution in [0.5, 0.6) is 0 Å². The molecule has 1 aliphatic heterocycles. The lowest BCUT2D eigenvalue weighted by Crippen LogP contribution is -2.49. The molecule has 2 atom stereocenters. The molecule has 1 aromatic heterocycles. The summed E-state index contributed by atoms with van der Waals surface area (Å²) in [5.41, 5.74) is 3.17. The molecule has 2 aromatic carbocycles. The fraction of sp³-hybridized carbons (Fsp3) is 0.417. The third-order valence-corrected chi connectivity index (χ3v) is 5.72. The molecule has 2 heterocycles. The maximum Gasteiger partial charge on any atom is 0.246 e. The van der Waals surface area contributed by atoms with Gasteiger partial charge in [0.25, 0.3) is 0 Å². The van der Waals surface area contributed by atoms with Gasteiger partial charge >= 0.3 is 0 Å². The van der Waals surface area contributed by atoms with Crippen LogP contribution in [0.4, 0.5) is 26.1 Å². The fourth-order valence-electron chi connectivity index (χ4n) is 4.11. The van der Waals surface area contributed by atoms with Crippen LogP contribution in [0.15, 0.2) is 42.7 Å². The average molecular weight is 461 g/mol. The Kier molecular flexibility index (Phi) is 7.20. The molecule has 0 aliphatic carbocycles. The summed E-state index contributed by atoms with van der Waals surface area (Å²) in [6.07, 6.45) is 2.75. The Morgan fingerprint density at radius 1 is 1.12 bits per heavy atom. The van der Waals surface area contributed by atoms with Gasteiger partial charge in [0.2, 0.25) is 5.95 Å². The fourth-order valence-corrected chi connectivity index (χ4v) is 4.11. The Labute approximate surface area is 195 Å². The van der Waals surface area contributed by atoms with Crippen LogP contribution < -0.4 is 10.6 Å². The van der Waals surface area contributed by atoms with Gasteiger partial charge in [-0.1, -0.05) is 6.92 Å². The molecule has 0 radical (unpaired) electrons. The van der Waals surface area contributed by atoms with Crippen LogP contribution >= 0.6 is 0 Å². The third kappa shape index (κ3) is 6.06. The number of morpholine rings is 1. The van der Waals surface area contributed by atoms with Gasteiger partial charge < -0.3 is 15.4 Å². The van der Waals surface area contributed by atoms with E-state index in [1.165, 1.54) is 23.1 Å². The van der Waals surface area contributed by atoms with Crippen molar-refractivity contribution in [3.63, 3.8) is 0 Å². The van der Waals surface area contributed by atoms with Crippen molar-refractivity contribution < 1.29 is 16.4 Å². The first-order valence-corrected chi connectivity index (χ1v) is 11.3. The van der Waals surface area contributed by atoms with E-state index in [4.69, 9.17) is 4.74 Å². The molecule has 3 aromatic rings. The summed E-state index contributed by atoms with van der Waals surface area (Å²) in [5, 5.41) is 11.0. The van der Waals surface area contributed by atoms with Crippen molar-refractivity contribution in [2.75, 3.05) is 36.9 Å².